The lowest BCUT2D eigenvalue weighted by molar-refractivity contribution is -0.124. The summed E-state index contributed by atoms with van der Waals surface area (Å²) in [5, 5.41) is 22.5. The number of anilines is 1. The van der Waals surface area contributed by atoms with E-state index in [2.05, 4.69) is 10.2 Å². The van der Waals surface area contributed by atoms with Crippen molar-refractivity contribution in [2.75, 3.05) is 25.0 Å². The van der Waals surface area contributed by atoms with Gasteiger partial charge < -0.3 is 15.5 Å². The summed E-state index contributed by atoms with van der Waals surface area (Å²) >= 11 is 0. The highest BCUT2D eigenvalue weighted by molar-refractivity contribution is 5.95. The van der Waals surface area contributed by atoms with E-state index in [4.69, 9.17) is 0 Å². The molecule has 0 spiro atoms. The average Bonchev–Trinajstić information content (AvgIpc) is 2.70. The predicted octanol–water partition coefficient (Wildman–Crippen LogP) is 3.18. The SMILES string of the molecule is Cc1cccc(C)c1C(O)C(=O)Nc1ccc(CN2CCC(CO)CC2)cc1. The van der Waals surface area contributed by atoms with Crippen LogP contribution in [0.4, 0.5) is 5.69 Å². The number of nitrogens with zero attached hydrogens (tertiary/aromatic N) is 1. The highest BCUT2D eigenvalue weighted by atomic mass is 16.3. The van der Waals surface area contributed by atoms with Crippen LogP contribution in [0.25, 0.3) is 0 Å². The summed E-state index contributed by atoms with van der Waals surface area (Å²) in [6.07, 6.45) is 0.899. The molecule has 1 unspecified atom stereocenters. The molecular formula is C23H30N2O3. The Bertz CT molecular complexity index is 776. The van der Waals surface area contributed by atoms with Crippen molar-refractivity contribution in [2.45, 2.75) is 39.3 Å². The fourth-order valence-electron chi connectivity index (χ4n) is 3.88. The minimum absolute atomic E-state index is 0.288. The third kappa shape index (κ3) is 4.98. The number of rotatable bonds is 6. The van der Waals surface area contributed by atoms with Crippen LogP contribution in [0.15, 0.2) is 42.5 Å². The number of likely N-dealkylation sites (tertiary alicyclic amines) is 1. The van der Waals surface area contributed by atoms with Crippen LogP contribution in [0.3, 0.4) is 0 Å². The van der Waals surface area contributed by atoms with Crippen molar-refractivity contribution in [3.8, 4) is 0 Å². The number of benzene rings is 2. The van der Waals surface area contributed by atoms with E-state index in [0.717, 1.165) is 43.6 Å². The second-order valence-corrected chi connectivity index (χ2v) is 7.80. The van der Waals surface area contributed by atoms with Gasteiger partial charge in [0.25, 0.3) is 5.91 Å². The molecule has 5 nitrogen and oxygen atoms in total. The maximum atomic E-state index is 12.5. The van der Waals surface area contributed by atoms with Gasteiger partial charge in [0.15, 0.2) is 6.10 Å². The van der Waals surface area contributed by atoms with Crippen LogP contribution >= 0.6 is 0 Å². The fourth-order valence-corrected chi connectivity index (χ4v) is 3.88. The fraction of sp³-hybridized carbons (Fsp3) is 0.435. The molecule has 0 aromatic heterocycles. The molecule has 2 aromatic rings. The normalized spacial score (nSPS) is 16.7. The summed E-state index contributed by atoms with van der Waals surface area (Å²) in [5.74, 6) is 0.0216. The summed E-state index contributed by atoms with van der Waals surface area (Å²) in [5.41, 5.74) is 4.35. The van der Waals surface area contributed by atoms with E-state index in [-0.39, 0.29) is 6.61 Å². The first-order valence-corrected chi connectivity index (χ1v) is 9.95. The molecule has 3 N–H and O–H groups in total. The van der Waals surface area contributed by atoms with Crippen molar-refractivity contribution in [3.63, 3.8) is 0 Å². The third-order valence-electron chi connectivity index (χ3n) is 5.66. The zero-order valence-corrected chi connectivity index (χ0v) is 16.7. The number of amides is 1. The minimum Gasteiger partial charge on any atom is -0.396 e. The van der Waals surface area contributed by atoms with Crippen molar-refractivity contribution < 1.29 is 15.0 Å². The molecule has 1 saturated heterocycles. The molecule has 1 fully saturated rings. The summed E-state index contributed by atoms with van der Waals surface area (Å²) < 4.78 is 0. The van der Waals surface area contributed by atoms with Crippen LogP contribution in [-0.4, -0.2) is 40.7 Å². The first kappa shape index (κ1) is 20.5. The maximum absolute atomic E-state index is 12.5. The van der Waals surface area contributed by atoms with Crippen LogP contribution in [0.5, 0.6) is 0 Å². The van der Waals surface area contributed by atoms with Gasteiger partial charge in [-0.25, -0.2) is 0 Å². The molecule has 0 radical (unpaired) electrons. The van der Waals surface area contributed by atoms with Crippen LogP contribution in [-0.2, 0) is 11.3 Å². The topological polar surface area (TPSA) is 72.8 Å². The molecule has 0 saturated carbocycles. The predicted molar refractivity (Wildman–Crippen MR) is 111 cm³/mol. The molecule has 1 atom stereocenters. The van der Waals surface area contributed by atoms with Crippen molar-refractivity contribution in [3.05, 3.63) is 64.7 Å². The van der Waals surface area contributed by atoms with Gasteiger partial charge >= 0.3 is 0 Å². The Labute approximate surface area is 167 Å². The van der Waals surface area contributed by atoms with E-state index >= 15 is 0 Å². The molecule has 1 amide bonds. The molecule has 1 aliphatic heterocycles. The quantitative estimate of drug-likeness (QED) is 0.717. The second-order valence-electron chi connectivity index (χ2n) is 7.80. The van der Waals surface area contributed by atoms with E-state index < -0.39 is 12.0 Å². The van der Waals surface area contributed by atoms with Crippen molar-refractivity contribution in [1.82, 2.24) is 4.90 Å². The standard InChI is InChI=1S/C23H30N2O3/c1-16-4-3-5-17(2)21(16)22(27)23(28)24-20-8-6-18(7-9-20)14-25-12-10-19(15-26)11-13-25/h3-9,19,22,26-27H,10-15H2,1-2H3,(H,24,28). The van der Waals surface area contributed by atoms with Gasteiger partial charge in [0, 0.05) is 18.8 Å². The lowest BCUT2D eigenvalue weighted by atomic mass is 9.97. The van der Waals surface area contributed by atoms with Crippen molar-refractivity contribution >= 4 is 11.6 Å². The molecule has 0 bridgehead atoms. The molecule has 0 aliphatic carbocycles. The number of hydrogen-bond acceptors (Lipinski definition) is 4. The average molecular weight is 383 g/mol. The van der Waals surface area contributed by atoms with Gasteiger partial charge in [-0.2, -0.15) is 0 Å². The molecule has 1 aliphatic rings. The van der Waals surface area contributed by atoms with E-state index in [9.17, 15) is 15.0 Å². The number of hydrogen-bond donors (Lipinski definition) is 3. The molecule has 5 heteroatoms. The Morgan fingerprint density at radius 3 is 2.29 bits per heavy atom. The lowest BCUT2D eigenvalue weighted by Gasteiger charge is -2.31. The Morgan fingerprint density at radius 1 is 1.11 bits per heavy atom. The monoisotopic (exact) mass is 382 g/mol. The van der Waals surface area contributed by atoms with Gasteiger partial charge in [0.2, 0.25) is 0 Å². The highest BCUT2D eigenvalue weighted by Crippen LogP contribution is 2.24. The number of aliphatic hydroxyl groups excluding tert-OH is 2. The summed E-state index contributed by atoms with van der Waals surface area (Å²) in [6, 6.07) is 13.5. The smallest absolute Gasteiger partial charge is 0.257 e. The number of aliphatic hydroxyl groups is 2. The summed E-state index contributed by atoms with van der Waals surface area (Å²) in [7, 11) is 0. The molecule has 2 aromatic carbocycles. The number of carbonyl (C=O) groups is 1. The molecular weight excluding hydrogens is 352 g/mol. The summed E-state index contributed by atoms with van der Waals surface area (Å²) in [6.45, 7) is 6.97. The van der Waals surface area contributed by atoms with Crippen LogP contribution in [0.2, 0.25) is 0 Å². The van der Waals surface area contributed by atoms with E-state index in [1.54, 1.807) is 0 Å². The van der Waals surface area contributed by atoms with Gasteiger partial charge in [-0.3, -0.25) is 9.69 Å². The first-order valence-electron chi connectivity index (χ1n) is 9.95. The molecule has 3 rings (SSSR count). The van der Waals surface area contributed by atoms with Crippen LogP contribution < -0.4 is 5.32 Å². The van der Waals surface area contributed by atoms with Gasteiger partial charge in [0.1, 0.15) is 0 Å². The number of nitrogens with one attached hydrogen (secondary N) is 1. The van der Waals surface area contributed by atoms with Crippen LogP contribution in [0, 0.1) is 19.8 Å². The van der Waals surface area contributed by atoms with Gasteiger partial charge in [0.05, 0.1) is 0 Å². The molecule has 150 valence electrons. The van der Waals surface area contributed by atoms with Gasteiger partial charge in [-0.1, -0.05) is 30.3 Å². The van der Waals surface area contributed by atoms with E-state index in [0.29, 0.717) is 17.2 Å². The Kier molecular flexibility index (Phi) is 6.83. The first-order chi connectivity index (χ1) is 13.5. The number of aryl methyl sites for hydroxylation is 2. The van der Waals surface area contributed by atoms with Crippen molar-refractivity contribution in [1.29, 1.82) is 0 Å². The molecule has 1 heterocycles. The van der Waals surface area contributed by atoms with Gasteiger partial charge in [-0.15, -0.1) is 0 Å². The lowest BCUT2D eigenvalue weighted by Crippen LogP contribution is -2.34. The number of piperidine rings is 1. The maximum Gasteiger partial charge on any atom is 0.257 e. The van der Waals surface area contributed by atoms with E-state index in [1.807, 2.05) is 56.3 Å². The van der Waals surface area contributed by atoms with Crippen molar-refractivity contribution in [2.24, 2.45) is 5.92 Å². The Hall–Kier alpha value is -2.21. The second kappa shape index (κ2) is 9.32. The largest absolute Gasteiger partial charge is 0.396 e. The minimum atomic E-state index is -1.19. The highest BCUT2D eigenvalue weighted by Gasteiger charge is 2.21. The molecule has 28 heavy (non-hydrogen) atoms. The summed E-state index contributed by atoms with van der Waals surface area (Å²) in [4.78, 5) is 14.9. The number of carbonyl (C=O) groups excluding carboxylic acids is 1. The van der Waals surface area contributed by atoms with E-state index in [1.165, 1.54) is 5.56 Å². The Morgan fingerprint density at radius 2 is 1.71 bits per heavy atom. The third-order valence-corrected chi connectivity index (χ3v) is 5.66. The Balaban J connectivity index is 1.57. The zero-order valence-electron chi connectivity index (χ0n) is 16.7. The zero-order chi connectivity index (χ0) is 20.1. The van der Waals surface area contributed by atoms with Gasteiger partial charge in [-0.05, 0) is 80.1 Å². The van der Waals surface area contributed by atoms with Crippen LogP contribution in [0.1, 0.15) is 41.2 Å².